The molecule has 28 heavy (non-hydrogen) atoms. The van der Waals surface area contributed by atoms with E-state index in [0.29, 0.717) is 43.7 Å². The lowest BCUT2D eigenvalue weighted by Gasteiger charge is -2.35. The fourth-order valence-electron chi connectivity index (χ4n) is 4.06. The number of piperidine rings is 2. The van der Waals surface area contributed by atoms with Crippen LogP contribution < -0.4 is 4.74 Å². The molecule has 2 heterocycles. The Labute approximate surface area is 167 Å². The SMILES string of the molecule is CS(=O)(=O)N1CCC(Oc2cccc(C(=O)N3CCCC[C@H]3CCO)c2)CC1. The standard InChI is InChI=1S/C20H30N2O5S/c1-28(25,26)21-12-8-18(9-13-21)27-19-7-4-5-16(15-19)20(24)22-11-3-2-6-17(22)10-14-23/h4-5,7,15,17-18,23H,2-3,6,8-14H2,1H3/t17-/m0/s1. The first-order valence-electron chi connectivity index (χ1n) is 10.0. The van der Waals surface area contributed by atoms with Gasteiger partial charge >= 0.3 is 0 Å². The first kappa shape index (κ1) is 21.1. The van der Waals surface area contributed by atoms with Crippen molar-refractivity contribution in [2.45, 2.75) is 50.7 Å². The number of aliphatic hydroxyl groups is 1. The normalized spacial score (nSPS) is 22.2. The predicted molar refractivity (Wildman–Crippen MR) is 107 cm³/mol. The molecule has 1 aromatic rings. The number of hydrogen-bond acceptors (Lipinski definition) is 5. The van der Waals surface area contributed by atoms with E-state index in [-0.39, 0.29) is 24.7 Å². The van der Waals surface area contributed by atoms with E-state index in [1.807, 2.05) is 17.0 Å². The maximum Gasteiger partial charge on any atom is 0.254 e. The summed E-state index contributed by atoms with van der Waals surface area (Å²) in [4.78, 5) is 14.9. The molecule has 0 bridgehead atoms. The van der Waals surface area contributed by atoms with E-state index in [2.05, 4.69) is 0 Å². The van der Waals surface area contributed by atoms with E-state index in [1.54, 1.807) is 12.1 Å². The average molecular weight is 411 g/mol. The molecule has 1 atom stereocenters. The predicted octanol–water partition coefficient (Wildman–Crippen LogP) is 1.87. The molecule has 1 amide bonds. The summed E-state index contributed by atoms with van der Waals surface area (Å²) in [6.07, 6.45) is 6.06. The van der Waals surface area contributed by atoms with Crippen LogP contribution in [0.25, 0.3) is 0 Å². The molecule has 8 heteroatoms. The summed E-state index contributed by atoms with van der Waals surface area (Å²) >= 11 is 0. The first-order chi connectivity index (χ1) is 13.4. The van der Waals surface area contributed by atoms with Crippen molar-refractivity contribution >= 4 is 15.9 Å². The second-order valence-corrected chi connectivity index (χ2v) is 9.65. The molecule has 156 valence electrons. The zero-order chi connectivity index (χ0) is 20.1. The number of sulfonamides is 1. The van der Waals surface area contributed by atoms with Gasteiger partial charge in [-0.25, -0.2) is 12.7 Å². The van der Waals surface area contributed by atoms with Crippen LogP contribution >= 0.6 is 0 Å². The van der Waals surface area contributed by atoms with E-state index in [9.17, 15) is 18.3 Å². The van der Waals surface area contributed by atoms with Crippen molar-refractivity contribution in [3.8, 4) is 5.75 Å². The van der Waals surface area contributed by atoms with Crippen LogP contribution in [0.2, 0.25) is 0 Å². The van der Waals surface area contributed by atoms with Gasteiger partial charge in [-0.15, -0.1) is 0 Å². The summed E-state index contributed by atoms with van der Waals surface area (Å²) in [5, 5.41) is 9.28. The molecular formula is C20H30N2O5S. The Kier molecular flexibility index (Phi) is 6.95. The average Bonchev–Trinajstić information content (AvgIpc) is 2.68. The Bertz CT molecular complexity index is 773. The number of amides is 1. The van der Waals surface area contributed by atoms with Gasteiger partial charge in [0.2, 0.25) is 10.0 Å². The topological polar surface area (TPSA) is 87.2 Å². The highest BCUT2D eigenvalue weighted by molar-refractivity contribution is 7.88. The lowest BCUT2D eigenvalue weighted by Crippen LogP contribution is -2.44. The molecule has 2 aliphatic heterocycles. The number of carbonyl (C=O) groups excluding carboxylic acids is 1. The number of aliphatic hydroxyl groups excluding tert-OH is 1. The van der Waals surface area contributed by atoms with Gasteiger partial charge in [-0.2, -0.15) is 0 Å². The number of hydrogen-bond donors (Lipinski definition) is 1. The second kappa shape index (κ2) is 9.24. The molecule has 1 N–H and O–H groups in total. The Morgan fingerprint density at radius 1 is 1.18 bits per heavy atom. The van der Waals surface area contributed by atoms with Gasteiger partial charge in [0.1, 0.15) is 11.9 Å². The zero-order valence-corrected chi connectivity index (χ0v) is 17.2. The Morgan fingerprint density at radius 3 is 2.61 bits per heavy atom. The van der Waals surface area contributed by atoms with Crippen LogP contribution in [0.3, 0.4) is 0 Å². The van der Waals surface area contributed by atoms with E-state index in [1.165, 1.54) is 10.6 Å². The fourth-order valence-corrected chi connectivity index (χ4v) is 4.93. The Balaban J connectivity index is 1.63. The zero-order valence-electron chi connectivity index (χ0n) is 16.4. The highest BCUT2D eigenvalue weighted by atomic mass is 32.2. The minimum Gasteiger partial charge on any atom is -0.490 e. The molecule has 0 aromatic heterocycles. The maximum atomic E-state index is 13.0. The lowest BCUT2D eigenvalue weighted by molar-refractivity contribution is 0.0573. The third-order valence-corrected chi connectivity index (χ3v) is 6.91. The Hall–Kier alpha value is -1.64. The van der Waals surface area contributed by atoms with E-state index in [0.717, 1.165) is 25.8 Å². The van der Waals surface area contributed by atoms with Crippen LogP contribution in [-0.2, 0) is 10.0 Å². The molecule has 3 rings (SSSR count). The van der Waals surface area contributed by atoms with Crippen LogP contribution in [0.15, 0.2) is 24.3 Å². The van der Waals surface area contributed by atoms with Crippen LogP contribution in [0.4, 0.5) is 0 Å². The molecule has 0 radical (unpaired) electrons. The highest BCUT2D eigenvalue weighted by Gasteiger charge is 2.28. The first-order valence-corrected chi connectivity index (χ1v) is 11.9. The monoisotopic (exact) mass is 410 g/mol. The molecule has 0 saturated carbocycles. The van der Waals surface area contributed by atoms with Crippen molar-refractivity contribution in [3.05, 3.63) is 29.8 Å². The minimum atomic E-state index is -3.15. The van der Waals surface area contributed by atoms with Gasteiger partial charge < -0.3 is 14.7 Å². The molecule has 7 nitrogen and oxygen atoms in total. The second-order valence-electron chi connectivity index (χ2n) is 7.67. The molecule has 2 aliphatic rings. The molecule has 0 aliphatic carbocycles. The van der Waals surface area contributed by atoms with Gasteiger partial charge in [-0.3, -0.25) is 4.79 Å². The lowest BCUT2D eigenvalue weighted by atomic mass is 9.98. The van der Waals surface area contributed by atoms with Crippen molar-refractivity contribution in [1.29, 1.82) is 0 Å². The quantitative estimate of drug-likeness (QED) is 0.774. The third kappa shape index (κ3) is 5.24. The number of nitrogens with zero attached hydrogens (tertiary/aromatic N) is 2. The van der Waals surface area contributed by atoms with Gasteiger partial charge in [-0.05, 0) is 56.7 Å². The summed E-state index contributed by atoms with van der Waals surface area (Å²) in [6, 6.07) is 7.32. The third-order valence-electron chi connectivity index (χ3n) is 5.60. The van der Waals surface area contributed by atoms with E-state index < -0.39 is 10.0 Å². The maximum absolute atomic E-state index is 13.0. The van der Waals surface area contributed by atoms with Crippen molar-refractivity contribution in [2.75, 3.05) is 32.5 Å². The molecular weight excluding hydrogens is 380 g/mol. The smallest absolute Gasteiger partial charge is 0.254 e. The summed E-state index contributed by atoms with van der Waals surface area (Å²) in [5.41, 5.74) is 0.593. The van der Waals surface area contributed by atoms with Gasteiger partial charge in [0.05, 0.1) is 6.26 Å². The van der Waals surface area contributed by atoms with Gasteiger partial charge in [0.25, 0.3) is 5.91 Å². The van der Waals surface area contributed by atoms with Crippen molar-refractivity contribution in [1.82, 2.24) is 9.21 Å². The van der Waals surface area contributed by atoms with Crippen molar-refractivity contribution in [3.63, 3.8) is 0 Å². The van der Waals surface area contributed by atoms with Crippen molar-refractivity contribution < 1.29 is 23.1 Å². The number of ether oxygens (including phenoxy) is 1. The Morgan fingerprint density at radius 2 is 1.93 bits per heavy atom. The minimum absolute atomic E-state index is 0.0181. The molecule has 0 spiro atoms. The highest BCUT2D eigenvalue weighted by Crippen LogP contribution is 2.25. The summed E-state index contributed by atoms with van der Waals surface area (Å²) in [7, 11) is -3.15. The van der Waals surface area contributed by atoms with Gasteiger partial charge in [-0.1, -0.05) is 6.07 Å². The van der Waals surface area contributed by atoms with Crippen LogP contribution in [0.1, 0.15) is 48.9 Å². The number of benzene rings is 1. The van der Waals surface area contributed by atoms with Crippen molar-refractivity contribution in [2.24, 2.45) is 0 Å². The van der Waals surface area contributed by atoms with Crippen LogP contribution in [-0.4, -0.2) is 73.3 Å². The summed E-state index contributed by atoms with van der Waals surface area (Å²) < 4.78 is 30.8. The van der Waals surface area contributed by atoms with Crippen LogP contribution in [0, 0.1) is 0 Å². The molecule has 2 saturated heterocycles. The largest absolute Gasteiger partial charge is 0.490 e. The summed E-state index contributed by atoms with van der Waals surface area (Å²) in [6.45, 7) is 1.72. The number of carbonyl (C=O) groups is 1. The van der Waals surface area contributed by atoms with Gasteiger partial charge in [0, 0.05) is 37.8 Å². The molecule has 0 unspecified atom stereocenters. The van der Waals surface area contributed by atoms with E-state index in [4.69, 9.17) is 4.74 Å². The molecule has 2 fully saturated rings. The van der Waals surface area contributed by atoms with Gasteiger partial charge in [0.15, 0.2) is 0 Å². The molecule has 1 aromatic carbocycles. The van der Waals surface area contributed by atoms with Crippen LogP contribution in [0.5, 0.6) is 5.75 Å². The summed E-state index contributed by atoms with van der Waals surface area (Å²) in [5.74, 6) is 0.620. The van der Waals surface area contributed by atoms with E-state index >= 15 is 0 Å². The fraction of sp³-hybridized carbons (Fsp3) is 0.650. The number of likely N-dealkylation sites (tertiary alicyclic amines) is 1. The number of rotatable bonds is 6.